The molecule has 0 aliphatic heterocycles. The number of aliphatic carboxylic acids is 1. The van der Waals surface area contributed by atoms with E-state index in [1.54, 1.807) is 6.92 Å². The number of carboxylic acid groups (broad SMARTS) is 1. The minimum Gasteiger partial charge on any atom is -0.481 e. The van der Waals surface area contributed by atoms with Crippen LogP contribution in [0.2, 0.25) is 0 Å². The van der Waals surface area contributed by atoms with Gasteiger partial charge in [-0.15, -0.1) is 0 Å². The van der Waals surface area contributed by atoms with Crippen LogP contribution in [0.4, 0.5) is 0 Å². The van der Waals surface area contributed by atoms with Crippen molar-refractivity contribution in [2.45, 2.75) is 13.3 Å². The zero-order valence-electron chi connectivity index (χ0n) is 10.3. The van der Waals surface area contributed by atoms with Crippen molar-refractivity contribution in [1.29, 1.82) is 0 Å². The van der Waals surface area contributed by atoms with Gasteiger partial charge in [0.25, 0.3) is 0 Å². The quantitative estimate of drug-likeness (QED) is 0.860. The van der Waals surface area contributed by atoms with Gasteiger partial charge in [0, 0.05) is 24.0 Å². The Morgan fingerprint density at radius 1 is 1.33 bits per heavy atom. The number of carbonyl (C=O) groups is 1. The van der Waals surface area contributed by atoms with Gasteiger partial charge < -0.3 is 10.8 Å². The van der Waals surface area contributed by atoms with Gasteiger partial charge in [0.2, 0.25) is 0 Å². The summed E-state index contributed by atoms with van der Waals surface area (Å²) >= 11 is 0. The number of para-hydroxylation sites is 1. The van der Waals surface area contributed by atoms with E-state index in [2.05, 4.69) is 4.98 Å². The SMILES string of the molecule is CC(CN)(Cc1ccc2ccccc2n1)C(=O)O. The highest BCUT2D eigenvalue weighted by molar-refractivity contribution is 5.79. The Hall–Kier alpha value is -1.94. The van der Waals surface area contributed by atoms with Gasteiger partial charge in [-0.05, 0) is 19.1 Å². The van der Waals surface area contributed by atoms with Gasteiger partial charge in [0.15, 0.2) is 0 Å². The first-order valence-electron chi connectivity index (χ1n) is 5.83. The van der Waals surface area contributed by atoms with E-state index < -0.39 is 11.4 Å². The molecule has 3 N–H and O–H groups in total. The first-order chi connectivity index (χ1) is 8.55. The van der Waals surface area contributed by atoms with E-state index in [1.165, 1.54) is 0 Å². The molecule has 18 heavy (non-hydrogen) atoms. The van der Waals surface area contributed by atoms with Crippen molar-refractivity contribution in [3.05, 3.63) is 42.1 Å². The van der Waals surface area contributed by atoms with Gasteiger partial charge in [-0.25, -0.2) is 0 Å². The van der Waals surface area contributed by atoms with Crippen LogP contribution in [0.1, 0.15) is 12.6 Å². The Bertz CT molecular complexity index is 583. The zero-order valence-corrected chi connectivity index (χ0v) is 10.3. The van der Waals surface area contributed by atoms with Gasteiger partial charge in [-0.2, -0.15) is 0 Å². The van der Waals surface area contributed by atoms with Gasteiger partial charge in [-0.3, -0.25) is 9.78 Å². The maximum atomic E-state index is 11.2. The number of rotatable bonds is 4. The highest BCUT2D eigenvalue weighted by Crippen LogP contribution is 2.22. The topological polar surface area (TPSA) is 76.2 Å². The van der Waals surface area contributed by atoms with E-state index >= 15 is 0 Å². The second-order valence-corrected chi connectivity index (χ2v) is 4.74. The van der Waals surface area contributed by atoms with E-state index in [0.717, 1.165) is 16.6 Å². The molecule has 0 spiro atoms. The summed E-state index contributed by atoms with van der Waals surface area (Å²) in [6, 6.07) is 11.6. The first-order valence-corrected chi connectivity index (χ1v) is 5.83. The van der Waals surface area contributed by atoms with Crippen LogP contribution in [-0.4, -0.2) is 22.6 Å². The van der Waals surface area contributed by atoms with Crippen LogP contribution in [0.25, 0.3) is 10.9 Å². The van der Waals surface area contributed by atoms with Gasteiger partial charge in [0.1, 0.15) is 0 Å². The predicted octanol–water partition coefficient (Wildman–Crippen LogP) is 1.83. The highest BCUT2D eigenvalue weighted by Gasteiger charge is 2.32. The fourth-order valence-corrected chi connectivity index (χ4v) is 1.84. The molecular formula is C14H16N2O2. The van der Waals surface area contributed by atoms with E-state index in [-0.39, 0.29) is 6.54 Å². The fraction of sp³-hybridized carbons (Fsp3) is 0.286. The molecule has 4 nitrogen and oxygen atoms in total. The Morgan fingerprint density at radius 2 is 2.06 bits per heavy atom. The third-order valence-corrected chi connectivity index (χ3v) is 3.19. The molecule has 1 aromatic carbocycles. The number of hydrogen-bond donors (Lipinski definition) is 2. The molecule has 0 bridgehead atoms. The summed E-state index contributed by atoms with van der Waals surface area (Å²) in [5.41, 5.74) is 6.23. The summed E-state index contributed by atoms with van der Waals surface area (Å²) in [7, 11) is 0. The van der Waals surface area contributed by atoms with Crippen molar-refractivity contribution in [2.24, 2.45) is 11.1 Å². The van der Waals surface area contributed by atoms with Gasteiger partial charge in [-0.1, -0.05) is 24.3 Å². The number of benzene rings is 1. The minimum absolute atomic E-state index is 0.0941. The van der Waals surface area contributed by atoms with Gasteiger partial charge >= 0.3 is 5.97 Å². The number of fused-ring (bicyclic) bond motifs is 1. The molecule has 0 saturated carbocycles. The molecule has 0 aliphatic carbocycles. The molecule has 0 saturated heterocycles. The summed E-state index contributed by atoms with van der Waals surface area (Å²) in [5, 5.41) is 10.2. The summed E-state index contributed by atoms with van der Waals surface area (Å²) in [6.45, 7) is 1.74. The second kappa shape index (κ2) is 4.74. The first kappa shape index (κ1) is 12.5. The maximum absolute atomic E-state index is 11.2. The Labute approximate surface area is 105 Å². The van der Waals surface area contributed by atoms with E-state index in [1.807, 2.05) is 36.4 Å². The Morgan fingerprint density at radius 3 is 2.72 bits per heavy atom. The Balaban J connectivity index is 2.34. The molecule has 1 unspecified atom stereocenters. The predicted molar refractivity (Wildman–Crippen MR) is 70.2 cm³/mol. The summed E-state index contributed by atoms with van der Waals surface area (Å²) < 4.78 is 0. The maximum Gasteiger partial charge on any atom is 0.311 e. The molecular weight excluding hydrogens is 228 g/mol. The molecule has 0 amide bonds. The van der Waals surface area contributed by atoms with Crippen LogP contribution in [0.5, 0.6) is 0 Å². The monoisotopic (exact) mass is 244 g/mol. The second-order valence-electron chi connectivity index (χ2n) is 4.74. The molecule has 0 radical (unpaired) electrons. The van der Waals surface area contributed by atoms with Crippen LogP contribution >= 0.6 is 0 Å². The average Bonchev–Trinajstić information content (AvgIpc) is 2.38. The zero-order chi connectivity index (χ0) is 13.2. The lowest BCUT2D eigenvalue weighted by atomic mass is 9.85. The highest BCUT2D eigenvalue weighted by atomic mass is 16.4. The molecule has 2 aromatic rings. The number of pyridine rings is 1. The van der Waals surface area contributed by atoms with Crippen LogP contribution in [0, 0.1) is 5.41 Å². The molecule has 1 aromatic heterocycles. The number of nitrogens with zero attached hydrogens (tertiary/aromatic N) is 1. The molecule has 94 valence electrons. The lowest BCUT2D eigenvalue weighted by Gasteiger charge is -2.22. The lowest BCUT2D eigenvalue weighted by molar-refractivity contribution is -0.147. The third kappa shape index (κ3) is 2.33. The number of carboxylic acids is 1. The van der Waals surface area contributed by atoms with E-state index in [0.29, 0.717) is 6.42 Å². The van der Waals surface area contributed by atoms with Crippen molar-refractivity contribution in [3.63, 3.8) is 0 Å². The molecule has 4 heteroatoms. The van der Waals surface area contributed by atoms with E-state index in [4.69, 9.17) is 5.73 Å². The van der Waals surface area contributed by atoms with Crippen LogP contribution in [-0.2, 0) is 11.2 Å². The number of hydrogen-bond acceptors (Lipinski definition) is 3. The van der Waals surface area contributed by atoms with Crippen LogP contribution < -0.4 is 5.73 Å². The Kier molecular flexibility index (Phi) is 3.30. The number of aromatic nitrogens is 1. The third-order valence-electron chi connectivity index (χ3n) is 3.19. The molecule has 1 atom stereocenters. The van der Waals surface area contributed by atoms with Crippen LogP contribution in [0.3, 0.4) is 0 Å². The van der Waals surface area contributed by atoms with Crippen molar-refractivity contribution in [3.8, 4) is 0 Å². The summed E-state index contributed by atoms with van der Waals surface area (Å²) in [5.74, 6) is -0.889. The molecule has 2 rings (SSSR count). The average molecular weight is 244 g/mol. The fourth-order valence-electron chi connectivity index (χ4n) is 1.84. The van der Waals surface area contributed by atoms with Crippen LogP contribution in [0.15, 0.2) is 36.4 Å². The lowest BCUT2D eigenvalue weighted by Crippen LogP contribution is -2.37. The van der Waals surface area contributed by atoms with Crippen molar-refractivity contribution in [2.75, 3.05) is 6.54 Å². The summed E-state index contributed by atoms with van der Waals surface area (Å²) in [4.78, 5) is 15.7. The smallest absolute Gasteiger partial charge is 0.311 e. The normalized spacial score (nSPS) is 14.3. The van der Waals surface area contributed by atoms with Crippen molar-refractivity contribution >= 4 is 16.9 Å². The largest absolute Gasteiger partial charge is 0.481 e. The summed E-state index contributed by atoms with van der Waals surface area (Å²) in [6.07, 6.45) is 0.337. The molecule has 1 heterocycles. The van der Waals surface area contributed by atoms with Crippen molar-refractivity contribution in [1.82, 2.24) is 4.98 Å². The van der Waals surface area contributed by atoms with Crippen molar-refractivity contribution < 1.29 is 9.90 Å². The minimum atomic E-state index is -0.963. The standard InChI is InChI=1S/C14H16N2O2/c1-14(9-15,13(17)18)8-11-7-6-10-4-2-3-5-12(10)16-11/h2-7H,8-9,15H2,1H3,(H,17,18). The van der Waals surface area contributed by atoms with Gasteiger partial charge in [0.05, 0.1) is 10.9 Å². The van der Waals surface area contributed by atoms with E-state index in [9.17, 15) is 9.90 Å². The molecule has 0 fully saturated rings. The molecule has 0 aliphatic rings. The number of nitrogens with two attached hydrogens (primary N) is 1.